The van der Waals surface area contributed by atoms with Gasteiger partial charge in [-0.25, -0.2) is 4.98 Å². The van der Waals surface area contributed by atoms with Gasteiger partial charge in [-0.2, -0.15) is 13.8 Å². The third-order valence-electron chi connectivity index (χ3n) is 5.60. The van der Waals surface area contributed by atoms with Gasteiger partial charge in [0.25, 0.3) is 5.91 Å². The second kappa shape index (κ2) is 6.57. The summed E-state index contributed by atoms with van der Waals surface area (Å²) in [5.41, 5.74) is 0.874. The molecular formula is C18H20F2N4OS. The molecule has 0 unspecified atom stereocenters. The van der Waals surface area contributed by atoms with Crippen molar-refractivity contribution >= 4 is 28.1 Å². The zero-order chi connectivity index (χ0) is 18.3. The molecule has 8 heteroatoms. The molecule has 2 aromatic heterocycles. The molecule has 1 atom stereocenters. The average molecular weight is 378 g/mol. The molecule has 0 bridgehead atoms. The molecule has 26 heavy (non-hydrogen) atoms. The van der Waals surface area contributed by atoms with Crippen LogP contribution in [0, 0.1) is 24.2 Å². The van der Waals surface area contributed by atoms with E-state index in [2.05, 4.69) is 20.6 Å². The Hall–Kier alpha value is -2.09. The fourth-order valence-electron chi connectivity index (χ4n) is 4.15. The minimum atomic E-state index is -0.911. The van der Waals surface area contributed by atoms with Crippen molar-refractivity contribution in [1.29, 1.82) is 0 Å². The fraction of sp³-hybridized carbons (Fsp3) is 0.500. The number of carbonyl (C=O) groups excluding carboxylic acids is 1. The standard InChI is InChI=1S/C18H20F2N4OS/c1-10-15(16(25)22-12-4-7-18(12)5-2-3-6-18)24-17(26-10)21-11-8-13(19)23-14(20)9-11/h8-9,12H,2-7H2,1H3,(H,22,25)(H,21,23,24)/t12-/m0/s1. The number of halogens is 2. The van der Waals surface area contributed by atoms with E-state index in [9.17, 15) is 13.6 Å². The third-order valence-corrected chi connectivity index (χ3v) is 6.49. The predicted molar refractivity (Wildman–Crippen MR) is 95.7 cm³/mol. The fourth-order valence-corrected chi connectivity index (χ4v) is 4.98. The van der Waals surface area contributed by atoms with Gasteiger partial charge in [0, 0.05) is 28.7 Å². The first-order valence-electron chi connectivity index (χ1n) is 8.84. The van der Waals surface area contributed by atoms with Crippen molar-refractivity contribution in [3.05, 3.63) is 34.6 Å². The Balaban J connectivity index is 1.46. The van der Waals surface area contributed by atoms with Gasteiger partial charge in [0.05, 0.1) is 0 Å². The van der Waals surface area contributed by atoms with Gasteiger partial charge in [-0.15, -0.1) is 11.3 Å². The van der Waals surface area contributed by atoms with Crippen LogP contribution in [-0.4, -0.2) is 21.9 Å². The predicted octanol–water partition coefficient (Wildman–Crippen LogP) is 4.32. The molecule has 0 aliphatic heterocycles. The van der Waals surface area contributed by atoms with E-state index in [1.165, 1.54) is 43.4 Å². The third kappa shape index (κ3) is 3.18. The van der Waals surface area contributed by atoms with Gasteiger partial charge >= 0.3 is 0 Å². The highest BCUT2D eigenvalue weighted by molar-refractivity contribution is 7.15. The zero-order valence-electron chi connectivity index (χ0n) is 14.4. The normalized spacial score (nSPS) is 20.8. The summed E-state index contributed by atoms with van der Waals surface area (Å²) >= 11 is 1.28. The Morgan fingerprint density at radius 2 is 1.88 bits per heavy atom. The maximum Gasteiger partial charge on any atom is 0.271 e. The zero-order valence-corrected chi connectivity index (χ0v) is 15.3. The topological polar surface area (TPSA) is 66.9 Å². The van der Waals surface area contributed by atoms with Gasteiger partial charge in [0.2, 0.25) is 11.9 Å². The summed E-state index contributed by atoms with van der Waals surface area (Å²) in [4.78, 5) is 20.8. The van der Waals surface area contributed by atoms with E-state index in [-0.39, 0.29) is 17.6 Å². The van der Waals surface area contributed by atoms with Crippen LogP contribution >= 0.6 is 11.3 Å². The number of nitrogens with zero attached hydrogens (tertiary/aromatic N) is 2. The highest BCUT2D eigenvalue weighted by Crippen LogP contribution is 2.53. The second-order valence-corrected chi connectivity index (χ2v) is 8.39. The first kappa shape index (κ1) is 17.3. The number of amides is 1. The van der Waals surface area contributed by atoms with E-state index in [1.54, 1.807) is 0 Å². The SMILES string of the molecule is Cc1sc(Nc2cc(F)nc(F)c2)nc1C(=O)N[C@H]1CCC12CCCC2. The van der Waals surface area contributed by atoms with Crippen molar-refractivity contribution in [2.24, 2.45) is 5.41 Å². The van der Waals surface area contributed by atoms with Crippen molar-refractivity contribution in [2.45, 2.75) is 51.5 Å². The number of hydrogen-bond acceptors (Lipinski definition) is 5. The van der Waals surface area contributed by atoms with Crippen molar-refractivity contribution in [3.8, 4) is 0 Å². The van der Waals surface area contributed by atoms with Crippen LogP contribution in [0.5, 0.6) is 0 Å². The quantitative estimate of drug-likeness (QED) is 0.778. The first-order chi connectivity index (χ1) is 12.4. The molecule has 2 fully saturated rings. The molecule has 0 radical (unpaired) electrons. The maximum absolute atomic E-state index is 13.2. The summed E-state index contributed by atoms with van der Waals surface area (Å²) in [6, 6.07) is 2.40. The van der Waals surface area contributed by atoms with Crippen LogP contribution in [0.3, 0.4) is 0 Å². The monoisotopic (exact) mass is 378 g/mol. The number of aryl methyl sites for hydroxylation is 1. The summed E-state index contributed by atoms with van der Waals surface area (Å²) < 4.78 is 26.4. The minimum absolute atomic E-state index is 0.171. The molecule has 0 aromatic carbocycles. The summed E-state index contributed by atoms with van der Waals surface area (Å²) in [6.45, 7) is 1.82. The molecule has 2 saturated carbocycles. The Morgan fingerprint density at radius 3 is 2.50 bits per heavy atom. The van der Waals surface area contributed by atoms with Crippen molar-refractivity contribution in [1.82, 2.24) is 15.3 Å². The van der Waals surface area contributed by atoms with Crippen LogP contribution < -0.4 is 10.6 Å². The van der Waals surface area contributed by atoms with Crippen molar-refractivity contribution in [2.75, 3.05) is 5.32 Å². The Bertz CT molecular complexity index is 827. The van der Waals surface area contributed by atoms with Crippen LogP contribution in [0.2, 0.25) is 0 Å². The maximum atomic E-state index is 13.2. The van der Waals surface area contributed by atoms with Crippen LogP contribution in [-0.2, 0) is 0 Å². The largest absolute Gasteiger partial charge is 0.347 e. The molecule has 1 amide bonds. The molecule has 5 nitrogen and oxygen atoms in total. The van der Waals surface area contributed by atoms with Crippen LogP contribution in [0.4, 0.5) is 19.6 Å². The lowest BCUT2D eigenvalue weighted by Gasteiger charge is -2.47. The molecule has 4 rings (SSSR count). The lowest BCUT2D eigenvalue weighted by Crippen LogP contribution is -2.54. The molecule has 1 spiro atoms. The van der Waals surface area contributed by atoms with E-state index < -0.39 is 11.9 Å². The summed E-state index contributed by atoms with van der Waals surface area (Å²) in [7, 11) is 0. The van der Waals surface area contributed by atoms with E-state index in [4.69, 9.17) is 0 Å². The number of hydrogen-bond donors (Lipinski definition) is 2. The van der Waals surface area contributed by atoms with Crippen LogP contribution in [0.1, 0.15) is 53.9 Å². The van der Waals surface area contributed by atoms with Gasteiger partial charge in [-0.3, -0.25) is 4.79 Å². The molecule has 2 aliphatic rings. The number of rotatable bonds is 4. The van der Waals surface area contributed by atoms with Gasteiger partial charge < -0.3 is 10.6 Å². The van der Waals surface area contributed by atoms with E-state index >= 15 is 0 Å². The number of nitrogens with one attached hydrogen (secondary N) is 2. The number of pyridine rings is 1. The Labute approximate surface area is 154 Å². The second-order valence-electron chi connectivity index (χ2n) is 7.18. The average Bonchev–Trinajstić information content (AvgIpc) is 3.19. The summed E-state index contributed by atoms with van der Waals surface area (Å²) in [5.74, 6) is -1.99. The highest BCUT2D eigenvalue weighted by atomic mass is 32.1. The van der Waals surface area contributed by atoms with Gasteiger partial charge in [-0.1, -0.05) is 12.8 Å². The molecule has 2 heterocycles. The molecule has 138 valence electrons. The summed E-state index contributed by atoms with van der Waals surface area (Å²) in [6.07, 6.45) is 7.10. The van der Waals surface area contributed by atoms with E-state index in [0.29, 0.717) is 16.2 Å². The van der Waals surface area contributed by atoms with Crippen molar-refractivity contribution < 1.29 is 13.6 Å². The van der Waals surface area contributed by atoms with Crippen molar-refractivity contribution in [3.63, 3.8) is 0 Å². The van der Waals surface area contributed by atoms with Gasteiger partial charge in [-0.05, 0) is 38.0 Å². The number of aromatic nitrogens is 2. The van der Waals surface area contributed by atoms with Gasteiger partial charge in [0.15, 0.2) is 5.13 Å². The molecule has 2 aromatic rings. The van der Waals surface area contributed by atoms with Gasteiger partial charge in [0.1, 0.15) is 5.69 Å². The minimum Gasteiger partial charge on any atom is -0.347 e. The lowest BCUT2D eigenvalue weighted by atomic mass is 9.63. The van der Waals surface area contributed by atoms with Crippen LogP contribution in [0.15, 0.2) is 12.1 Å². The molecule has 2 aliphatic carbocycles. The Kier molecular flexibility index (Phi) is 4.38. The number of anilines is 2. The Morgan fingerprint density at radius 1 is 1.19 bits per heavy atom. The highest BCUT2D eigenvalue weighted by Gasteiger charge is 2.48. The number of carbonyl (C=O) groups is 1. The van der Waals surface area contributed by atoms with E-state index in [0.717, 1.165) is 23.4 Å². The smallest absolute Gasteiger partial charge is 0.271 e. The first-order valence-corrected chi connectivity index (χ1v) is 9.65. The lowest BCUT2D eigenvalue weighted by molar-refractivity contribution is 0.0579. The van der Waals surface area contributed by atoms with E-state index in [1.807, 2.05) is 6.92 Å². The molecule has 0 saturated heterocycles. The molecular weight excluding hydrogens is 358 g/mol. The van der Waals surface area contributed by atoms with Crippen LogP contribution in [0.25, 0.3) is 0 Å². The number of thiazole rings is 1. The molecule has 2 N–H and O–H groups in total. The summed E-state index contributed by atoms with van der Waals surface area (Å²) in [5, 5.41) is 6.41.